The molecule has 0 atom stereocenters. The molecule has 0 bridgehead atoms. The lowest BCUT2D eigenvalue weighted by Gasteiger charge is -2.49. The van der Waals surface area contributed by atoms with Gasteiger partial charge >= 0.3 is 0 Å². The quantitative estimate of drug-likeness (QED) is 0.656. The van der Waals surface area contributed by atoms with E-state index < -0.39 is 0 Å². The molecule has 1 aliphatic rings. The summed E-state index contributed by atoms with van der Waals surface area (Å²) in [5.74, 6) is 0. The zero-order chi connectivity index (χ0) is 12.2. The van der Waals surface area contributed by atoms with Crippen molar-refractivity contribution in [2.24, 2.45) is 0 Å². The summed E-state index contributed by atoms with van der Waals surface area (Å²) in [5, 5.41) is 3.15. The number of rotatable bonds is 7. The highest BCUT2D eigenvalue weighted by Gasteiger charge is 2.39. The van der Waals surface area contributed by atoms with E-state index >= 15 is 0 Å². The van der Waals surface area contributed by atoms with E-state index in [4.69, 9.17) is 0 Å². The maximum Gasteiger partial charge on any atom is 0.0330 e. The van der Waals surface area contributed by atoms with Crippen LogP contribution in [0.1, 0.15) is 19.3 Å². The zero-order valence-corrected chi connectivity index (χ0v) is 11.3. The van der Waals surface area contributed by atoms with Crippen LogP contribution in [0.25, 0.3) is 0 Å². The second-order valence-electron chi connectivity index (χ2n) is 5.42. The molecule has 1 fully saturated rings. The lowest BCUT2D eigenvalue weighted by Crippen LogP contribution is -2.56. The number of hydrogen-bond acceptors (Lipinski definition) is 3. The van der Waals surface area contributed by atoms with Gasteiger partial charge in [0.1, 0.15) is 0 Å². The summed E-state index contributed by atoms with van der Waals surface area (Å²) in [5.41, 5.74) is 1.69. The smallest absolute Gasteiger partial charge is 0.0330 e. The third-order valence-corrected chi connectivity index (χ3v) is 3.72. The first-order valence-corrected chi connectivity index (χ1v) is 6.17. The van der Waals surface area contributed by atoms with E-state index in [0.29, 0.717) is 5.54 Å². The Morgan fingerprint density at radius 2 is 1.94 bits per heavy atom. The van der Waals surface area contributed by atoms with Gasteiger partial charge in [-0.1, -0.05) is 6.58 Å². The third kappa shape index (κ3) is 3.30. The molecule has 1 aliphatic carbocycles. The molecule has 0 aliphatic heterocycles. The van der Waals surface area contributed by atoms with Crippen molar-refractivity contribution in [3.63, 3.8) is 0 Å². The van der Waals surface area contributed by atoms with Gasteiger partial charge in [0.2, 0.25) is 0 Å². The summed E-state index contributed by atoms with van der Waals surface area (Å²) in [7, 11) is 8.58. The van der Waals surface area contributed by atoms with Crippen LogP contribution in [0, 0.1) is 0 Å². The topological polar surface area (TPSA) is 18.5 Å². The van der Waals surface area contributed by atoms with Crippen molar-refractivity contribution in [2.45, 2.75) is 24.8 Å². The van der Waals surface area contributed by atoms with Crippen LogP contribution in [0.3, 0.4) is 0 Å². The van der Waals surface area contributed by atoms with Crippen LogP contribution >= 0.6 is 0 Å². The second kappa shape index (κ2) is 5.80. The Labute approximate surface area is 100 Å². The van der Waals surface area contributed by atoms with E-state index in [1.807, 2.05) is 7.05 Å². The zero-order valence-electron chi connectivity index (χ0n) is 11.3. The molecule has 0 aromatic heterocycles. The van der Waals surface area contributed by atoms with Crippen molar-refractivity contribution in [3.05, 3.63) is 12.2 Å². The number of nitrogens with one attached hydrogen (secondary N) is 1. The molecule has 0 aromatic rings. The van der Waals surface area contributed by atoms with E-state index in [2.05, 4.69) is 42.8 Å². The molecular weight excluding hydrogens is 198 g/mol. The maximum atomic E-state index is 4.09. The third-order valence-electron chi connectivity index (χ3n) is 3.72. The van der Waals surface area contributed by atoms with Crippen molar-refractivity contribution in [3.8, 4) is 0 Å². The molecule has 3 nitrogen and oxygen atoms in total. The average Bonchev–Trinajstić information content (AvgIpc) is 2.10. The van der Waals surface area contributed by atoms with Crippen molar-refractivity contribution >= 4 is 0 Å². The summed E-state index contributed by atoms with van der Waals surface area (Å²) in [6.07, 6.45) is 4.05. The van der Waals surface area contributed by atoms with Gasteiger partial charge in [-0.15, -0.1) is 0 Å². The van der Waals surface area contributed by atoms with E-state index in [1.54, 1.807) is 0 Å². The molecule has 0 spiro atoms. The fourth-order valence-corrected chi connectivity index (χ4v) is 2.58. The highest BCUT2D eigenvalue weighted by atomic mass is 15.2. The van der Waals surface area contributed by atoms with E-state index in [1.165, 1.54) is 24.8 Å². The Morgan fingerprint density at radius 1 is 1.31 bits per heavy atom. The monoisotopic (exact) mass is 225 g/mol. The molecule has 1 N–H and O–H groups in total. The molecule has 1 saturated carbocycles. The normalized spacial score (nSPS) is 18.9. The predicted octanol–water partition coefficient (Wildman–Crippen LogP) is 1.18. The first-order chi connectivity index (χ1) is 7.50. The summed E-state index contributed by atoms with van der Waals surface area (Å²) >= 11 is 0. The lowest BCUT2D eigenvalue weighted by atomic mass is 9.75. The largest absolute Gasteiger partial charge is 0.316 e. The van der Waals surface area contributed by atoms with Crippen LogP contribution in [0.2, 0.25) is 0 Å². The van der Waals surface area contributed by atoms with Gasteiger partial charge < -0.3 is 15.1 Å². The Kier molecular flexibility index (Phi) is 4.96. The summed E-state index contributed by atoms with van der Waals surface area (Å²) in [4.78, 5) is 4.80. The van der Waals surface area contributed by atoms with Crippen LogP contribution < -0.4 is 5.32 Å². The van der Waals surface area contributed by atoms with Crippen molar-refractivity contribution in [1.29, 1.82) is 0 Å². The van der Waals surface area contributed by atoms with E-state index in [-0.39, 0.29) is 0 Å². The fourth-order valence-electron chi connectivity index (χ4n) is 2.58. The van der Waals surface area contributed by atoms with E-state index in [0.717, 1.165) is 19.6 Å². The molecule has 0 heterocycles. The molecule has 0 saturated heterocycles. The highest BCUT2D eigenvalue weighted by Crippen LogP contribution is 2.36. The van der Waals surface area contributed by atoms with Crippen LogP contribution in [-0.4, -0.2) is 63.2 Å². The molecule has 0 unspecified atom stereocenters. The summed E-state index contributed by atoms with van der Waals surface area (Å²) < 4.78 is 0. The molecular formula is C13H27N3. The van der Waals surface area contributed by atoms with Gasteiger partial charge in [0.05, 0.1) is 0 Å². The summed E-state index contributed by atoms with van der Waals surface area (Å²) in [6, 6.07) is 0. The first-order valence-electron chi connectivity index (χ1n) is 6.17. The maximum absolute atomic E-state index is 4.09. The van der Waals surface area contributed by atoms with Crippen molar-refractivity contribution in [1.82, 2.24) is 15.1 Å². The van der Waals surface area contributed by atoms with Gasteiger partial charge in [0, 0.05) is 25.2 Å². The average molecular weight is 225 g/mol. The van der Waals surface area contributed by atoms with Gasteiger partial charge in [-0.2, -0.15) is 0 Å². The summed E-state index contributed by atoms with van der Waals surface area (Å²) in [6.45, 7) is 7.15. The fraction of sp³-hybridized carbons (Fsp3) is 0.846. The molecule has 1 rings (SSSR count). The standard InChI is InChI=1S/C13H27N3/c1-12(9-14-2)10-16(5)11-13(15(3)4)7-6-8-13/h14H,1,6-11H2,2-5H3. The minimum Gasteiger partial charge on any atom is -0.316 e. The number of hydrogen-bond donors (Lipinski definition) is 1. The van der Waals surface area contributed by atoms with Gasteiger partial charge in [-0.05, 0) is 53.0 Å². The molecule has 16 heavy (non-hydrogen) atoms. The molecule has 0 aromatic carbocycles. The van der Waals surface area contributed by atoms with Gasteiger partial charge in [0.25, 0.3) is 0 Å². The van der Waals surface area contributed by atoms with Crippen molar-refractivity contribution < 1.29 is 0 Å². The van der Waals surface area contributed by atoms with Gasteiger partial charge in [-0.25, -0.2) is 0 Å². The molecule has 94 valence electrons. The molecule has 0 radical (unpaired) electrons. The Balaban J connectivity index is 2.38. The van der Waals surface area contributed by atoms with E-state index in [9.17, 15) is 0 Å². The lowest BCUT2D eigenvalue weighted by molar-refractivity contribution is 0.0301. The van der Waals surface area contributed by atoms with Gasteiger partial charge in [0.15, 0.2) is 0 Å². The first kappa shape index (κ1) is 13.7. The Hall–Kier alpha value is -0.380. The molecule has 0 amide bonds. The Bertz CT molecular complexity index is 231. The van der Waals surface area contributed by atoms with Crippen LogP contribution in [-0.2, 0) is 0 Å². The van der Waals surface area contributed by atoms with Crippen LogP contribution in [0.15, 0.2) is 12.2 Å². The van der Waals surface area contributed by atoms with Crippen LogP contribution in [0.4, 0.5) is 0 Å². The van der Waals surface area contributed by atoms with Crippen LogP contribution in [0.5, 0.6) is 0 Å². The minimum absolute atomic E-state index is 0.425. The Morgan fingerprint density at radius 3 is 2.31 bits per heavy atom. The predicted molar refractivity (Wildman–Crippen MR) is 70.8 cm³/mol. The number of nitrogens with zero attached hydrogens (tertiary/aromatic N) is 2. The SMILES string of the molecule is C=C(CNC)CN(C)CC1(N(C)C)CCC1. The minimum atomic E-state index is 0.425. The highest BCUT2D eigenvalue weighted by molar-refractivity contribution is 5.03. The second-order valence-corrected chi connectivity index (χ2v) is 5.42. The molecule has 3 heteroatoms. The van der Waals surface area contributed by atoms with Crippen molar-refractivity contribution in [2.75, 3.05) is 47.8 Å². The number of likely N-dealkylation sites (N-methyl/N-ethyl adjacent to an activating group) is 3. The van der Waals surface area contributed by atoms with Gasteiger partial charge in [-0.3, -0.25) is 0 Å².